The number of aromatic hydroxyl groups is 3. The normalized spacial score (nSPS) is 23.1. The van der Waals surface area contributed by atoms with Crippen LogP contribution in [-0.2, 0) is 29.1 Å². The van der Waals surface area contributed by atoms with Crippen molar-refractivity contribution in [3.63, 3.8) is 0 Å². The molecule has 0 amide bonds. The summed E-state index contributed by atoms with van der Waals surface area (Å²) in [5, 5.41) is 87.3. The second-order valence-electron chi connectivity index (χ2n) is 17.6. The highest BCUT2D eigenvalue weighted by molar-refractivity contribution is 7.85. The summed E-state index contributed by atoms with van der Waals surface area (Å²) in [6, 6.07) is 20.6. The van der Waals surface area contributed by atoms with E-state index in [1.165, 1.54) is 6.07 Å². The third-order valence-corrected chi connectivity index (χ3v) is 11.2. The number of rotatable bonds is 21. The molecule has 17 nitrogen and oxygen atoms in total. The van der Waals surface area contributed by atoms with E-state index in [2.05, 4.69) is 6.92 Å². The summed E-state index contributed by atoms with van der Waals surface area (Å²) in [5.74, 6) is 0.360. The van der Waals surface area contributed by atoms with E-state index < -0.39 is 59.3 Å². The molecule has 0 aliphatic carbocycles. The van der Waals surface area contributed by atoms with Crippen LogP contribution in [0, 0.1) is 0 Å². The second kappa shape index (κ2) is 32.2. The van der Waals surface area contributed by atoms with Crippen molar-refractivity contribution in [2.45, 2.75) is 191 Å². The number of hydrogen-bond donors (Lipinski definition) is 10. The molecule has 2 saturated heterocycles. The molecule has 18 heteroatoms. The average molecular weight is 983 g/mol. The van der Waals surface area contributed by atoms with Gasteiger partial charge in [-0.1, -0.05) is 62.4 Å². The summed E-state index contributed by atoms with van der Waals surface area (Å²) in [4.78, 5) is 10.1. The first-order valence-corrected chi connectivity index (χ1v) is 25.4. The SMILES string of the molecule is CCC(O)CC(O)CCCC(O)CC(O)C[C@H](C)O.CCC1CC(CCCC(O)CC2C[C@H](C)OC(c3ccccc3O)O2)OC(c2ccccc2O)O1.CS(=O)(=O)O.O=Cc1ccccc1O. The molecule has 2 aliphatic rings. The number of aliphatic hydroxyl groups is 6. The standard InChI is InChI=1S/C28H38O7.C14H30O5.C7H6O2.CH4O3S/c1-3-20-17-21(34-28(33-20)24-12-5-7-14-26(24)31)10-8-9-19(29)16-22-15-18(2)32-27(35-22)23-11-4-6-13-25(23)30;1-3-11(16)8-12(17)5-4-6-13(18)9-14(19)7-10(2)15;8-5-6-3-1-2-4-7(6)9;1-5(2,3)4/h4-7,11-14,18-22,27-31H,3,8-10,15-17H2,1-2H3;10-19H,3-9H2,1-2H3;1-5,9H;1H3,(H,2,3,4)/t18-,19?,20?,21?,22?,27?,28?;10-,11?,12?,13?,14?;;/m00../s1. The van der Waals surface area contributed by atoms with Crippen molar-refractivity contribution in [2.75, 3.05) is 6.26 Å². The van der Waals surface area contributed by atoms with Gasteiger partial charge < -0.3 is 64.9 Å². The highest BCUT2D eigenvalue weighted by Crippen LogP contribution is 2.38. The molecule has 0 saturated carbocycles. The van der Waals surface area contributed by atoms with E-state index in [0.717, 1.165) is 25.7 Å². The van der Waals surface area contributed by atoms with Crippen LogP contribution in [0.5, 0.6) is 17.2 Å². The molecule has 3 aromatic rings. The fourth-order valence-electron chi connectivity index (χ4n) is 7.65. The van der Waals surface area contributed by atoms with Crippen LogP contribution in [-0.4, -0.2) is 133 Å². The summed E-state index contributed by atoms with van der Waals surface area (Å²) >= 11 is 0. The van der Waals surface area contributed by atoms with E-state index in [1.807, 2.05) is 32.0 Å². The summed E-state index contributed by atoms with van der Waals surface area (Å²) in [6.07, 6.45) is 5.06. The van der Waals surface area contributed by atoms with Crippen LogP contribution in [0.25, 0.3) is 0 Å². The summed E-state index contributed by atoms with van der Waals surface area (Å²) in [6.45, 7) is 7.55. The van der Waals surface area contributed by atoms with Gasteiger partial charge in [-0.15, -0.1) is 0 Å². The fourth-order valence-corrected chi connectivity index (χ4v) is 7.65. The minimum Gasteiger partial charge on any atom is -0.507 e. The van der Waals surface area contributed by atoms with Crippen LogP contribution in [0.1, 0.15) is 152 Å². The Morgan fingerprint density at radius 3 is 1.57 bits per heavy atom. The van der Waals surface area contributed by atoms with Gasteiger partial charge in [0, 0.05) is 17.5 Å². The zero-order chi connectivity index (χ0) is 50.8. The van der Waals surface area contributed by atoms with Gasteiger partial charge in [0.1, 0.15) is 17.2 Å². The molecule has 2 heterocycles. The predicted octanol–water partition coefficient (Wildman–Crippen LogP) is 6.76. The Morgan fingerprint density at radius 1 is 0.618 bits per heavy atom. The van der Waals surface area contributed by atoms with Gasteiger partial charge in [-0.2, -0.15) is 8.42 Å². The summed E-state index contributed by atoms with van der Waals surface area (Å²) in [7, 11) is -3.67. The molecule has 0 bridgehead atoms. The van der Waals surface area contributed by atoms with Crippen molar-refractivity contribution in [3.05, 3.63) is 89.5 Å². The van der Waals surface area contributed by atoms with E-state index in [-0.39, 0.29) is 54.5 Å². The maximum atomic E-state index is 10.7. The lowest BCUT2D eigenvalue weighted by molar-refractivity contribution is -0.250. The number of carbonyl (C=O) groups is 1. The maximum Gasteiger partial charge on any atom is 0.261 e. The van der Waals surface area contributed by atoms with Gasteiger partial charge in [-0.25, -0.2) is 0 Å². The first-order chi connectivity index (χ1) is 32.1. The predicted molar refractivity (Wildman–Crippen MR) is 256 cm³/mol. The minimum atomic E-state index is -3.67. The zero-order valence-electron chi connectivity index (χ0n) is 40.1. The van der Waals surface area contributed by atoms with Gasteiger partial charge in [0.25, 0.3) is 10.1 Å². The molecule has 10 N–H and O–H groups in total. The van der Waals surface area contributed by atoms with Crippen molar-refractivity contribution in [2.24, 2.45) is 0 Å². The van der Waals surface area contributed by atoms with Crippen molar-refractivity contribution < 1.29 is 82.7 Å². The van der Waals surface area contributed by atoms with Crippen LogP contribution < -0.4 is 0 Å². The van der Waals surface area contributed by atoms with Crippen LogP contribution in [0.2, 0.25) is 0 Å². The lowest BCUT2D eigenvalue weighted by Crippen LogP contribution is -2.35. The van der Waals surface area contributed by atoms with E-state index in [4.69, 9.17) is 33.7 Å². The number of carbonyl (C=O) groups excluding carboxylic acids is 1. The number of hydrogen-bond acceptors (Lipinski definition) is 16. The molecular formula is C50H78O17S. The van der Waals surface area contributed by atoms with Crippen LogP contribution >= 0.6 is 0 Å². The van der Waals surface area contributed by atoms with E-state index in [1.54, 1.807) is 55.5 Å². The molecule has 12 atom stereocenters. The van der Waals surface area contributed by atoms with Crippen LogP contribution in [0.15, 0.2) is 72.8 Å². The van der Waals surface area contributed by atoms with Crippen molar-refractivity contribution >= 4 is 16.4 Å². The molecular weight excluding hydrogens is 905 g/mol. The molecule has 2 aliphatic heterocycles. The quantitative estimate of drug-likeness (QED) is 0.0389. The number of para-hydroxylation sites is 3. The van der Waals surface area contributed by atoms with Crippen molar-refractivity contribution in [1.29, 1.82) is 0 Å². The van der Waals surface area contributed by atoms with E-state index in [9.17, 15) is 49.0 Å². The fraction of sp³-hybridized carbons (Fsp3) is 0.620. The van der Waals surface area contributed by atoms with Gasteiger partial charge in [0.15, 0.2) is 18.9 Å². The number of benzene rings is 3. The molecule has 0 radical (unpaired) electrons. The topological polar surface area (TPSA) is 290 Å². The lowest BCUT2D eigenvalue weighted by Gasteiger charge is -2.36. The Bertz CT molecular complexity index is 1930. The van der Waals surface area contributed by atoms with Gasteiger partial charge in [-0.05, 0) is 122 Å². The monoisotopic (exact) mass is 982 g/mol. The Balaban J connectivity index is 0.000000399. The van der Waals surface area contributed by atoms with Gasteiger partial charge in [0.05, 0.1) is 72.9 Å². The third kappa shape index (κ3) is 25.7. The summed E-state index contributed by atoms with van der Waals surface area (Å²) in [5.41, 5.74) is 1.60. The molecule has 0 spiro atoms. The van der Waals surface area contributed by atoms with Gasteiger partial charge in [0.2, 0.25) is 0 Å². The van der Waals surface area contributed by atoms with Crippen molar-refractivity contribution in [1.82, 2.24) is 0 Å². The van der Waals surface area contributed by atoms with Gasteiger partial charge >= 0.3 is 0 Å². The van der Waals surface area contributed by atoms with Crippen molar-refractivity contribution in [3.8, 4) is 17.2 Å². The largest absolute Gasteiger partial charge is 0.507 e. The van der Waals surface area contributed by atoms with Gasteiger partial charge in [-0.3, -0.25) is 9.35 Å². The highest BCUT2D eigenvalue weighted by atomic mass is 32.2. The Labute approximate surface area is 402 Å². The molecule has 3 aromatic carbocycles. The molecule has 0 aromatic heterocycles. The van der Waals surface area contributed by atoms with Crippen LogP contribution in [0.4, 0.5) is 0 Å². The number of aliphatic hydroxyl groups excluding tert-OH is 6. The molecule has 2 fully saturated rings. The molecule has 68 heavy (non-hydrogen) atoms. The first-order valence-electron chi connectivity index (χ1n) is 23.5. The second-order valence-corrected chi connectivity index (χ2v) is 19.1. The average Bonchev–Trinajstić information content (AvgIpc) is 3.26. The zero-order valence-corrected chi connectivity index (χ0v) is 40.9. The van der Waals surface area contributed by atoms with E-state index >= 15 is 0 Å². The molecule has 386 valence electrons. The molecule has 10 unspecified atom stereocenters. The number of phenols is 3. The number of ether oxygens (including phenoxy) is 4. The Kier molecular flexibility index (Phi) is 28.6. The smallest absolute Gasteiger partial charge is 0.261 e. The number of aldehydes is 1. The summed E-state index contributed by atoms with van der Waals surface area (Å²) < 4.78 is 50.1. The minimum absolute atomic E-state index is 0.00953. The van der Waals surface area contributed by atoms with E-state index in [0.29, 0.717) is 80.6 Å². The molecule has 5 rings (SSSR count). The Hall–Kier alpha value is -3.76. The number of phenolic OH excluding ortho intramolecular Hbond substituents is 3. The van der Waals surface area contributed by atoms with Crippen LogP contribution in [0.3, 0.4) is 0 Å². The maximum absolute atomic E-state index is 10.7. The highest BCUT2D eigenvalue weighted by Gasteiger charge is 2.33. The third-order valence-electron chi connectivity index (χ3n) is 11.2. The lowest BCUT2D eigenvalue weighted by atomic mass is 9.97. The first kappa shape index (κ1) is 60.4. The Morgan fingerprint density at radius 2 is 1.09 bits per heavy atom.